The van der Waals surface area contributed by atoms with Crippen LogP contribution in [0.1, 0.15) is 89.8 Å². The Kier molecular flexibility index (Phi) is 10.7. The highest BCUT2D eigenvalue weighted by molar-refractivity contribution is 7.93. The third-order valence-corrected chi connectivity index (χ3v) is 10.2. The van der Waals surface area contributed by atoms with E-state index in [2.05, 4.69) is 6.92 Å². The molecular formula is C32H50N2O6S. The number of hydrogen-bond donors (Lipinski definition) is 0. The first kappa shape index (κ1) is 33.4. The van der Waals surface area contributed by atoms with Gasteiger partial charge in [-0.3, -0.25) is 9.59 Å². The summed E-state index contributed by atoms with van der Waals surface area (Å²) in [5.41, 5.74) is 0.882. The van der Waals surface area contributed by atoms with Gasteiger partial charge >= 0.3 is 0 Å². The number of ether oxygens (including phenoxy) is 2. The summed E-state index contributed by atoms with van der Waals surface area (Å²) < 4.78 is 41.9. The van der Waals surface area contributed by atoms with E-state index in [0.717, 1.165) is 29.5 Å². The first-order chi connectivity index (χ1) is 19.1. The number of carbonyl (C=O) groups excluding carboxylic acids is 2. The van der Waals surface area contributed by atoms with Crippen molar-refractivity contribution in [1.82, 2.24) is 9.21 Å². The molecule has 0 bridgehead atoms. The number of rotatable bonds is 9. The molecule has 230 valence electrons. The molecule has 0 N–H and O–H groups in total. The van der Waals surface area contributed by atoms with Gasteiger partial charge in [-0.05, 0) is 63.7 Å². The topological polar surface area (TPSA) is 93.2 Å². The minimum atomic E-state index is -3.96. The molecule has 8 nitrogen and oxygen atoms in total. The van der Waals surface area contributed by atoms with Gasteiger partial charge in [-0.1, -0.05) is 57.9 Å². The van der Waals surface area contributed by atoms with Crippen molar-refractivity contribution in [1.29, 1.82) is 0 Å². The van der Waals surface area contributed by atoms with Crippen molar-refractivity contribution >= 4 is 27.8 Å². The Morgan fingerprint density at radius 2 is 1.76 bits per heavy atom. The highest BCUT2D eigenvalue weighted by Crippen LogP contribution is 2.40. The van der Waals surface area contributed by atoms with E-state index in [9.17, 15) is 18.0 Å². The van der Waals surface area contributed by atoms with Crippen molar-refractivity contribution in [2.75, 3.05) is 39.9 Å². The average Bonchev–Trinajstić information content (AvgIpc) is 3.05. The molecule has 1 unspecified atom stereocenters. The van der Waals surface area contributed by atoms with E-state index in [1.165, 1.54) is 4.31 Å². The Hall–Kier alpha value is -2.07. The molecule has 0 radical (unpaired) electrons. The lowest BCUT2D eigenvalue weighted by Crippen LogP contribution is -2.57. The number of sulfonamides is 1. The quantitative estimate of drug-likeness (QED) is 0.389. The highest BCUT2D eigenvalue weighted by atomic mass is 32.2. The Morgan fingerprint density at radius 3 is 2.34 bits per heavy atom. The van der Waals surface area contributed by atoms with E-state index in [4.69, 9.17) is 9.47 Å². The van der Waals surface area contributed by atoms with Crippen LogP contribution in [0.2, 0.25) is 0 Å². The molecule has 0 aromatic heterocycles. The molecule has 41 heavy (non-hydrogen) atoms. The van der Waals surface area contributed by atoms with Gasteiger partial charge in [0.1, 0.15) is 11.4 Å². The molecule has 1 aromatic carbocycles. The van der Waals surface area contributed by atoms with Crippen LogP contribution in [0.3, 0.4) is 0 Å². The molecule has 2 aliphatic rings. The van der Waals surface area contributed by atoms with Crippen molar-refractivity contribution in [3.05, 3.63) is 39.8 Å². The van der Waals surface area contributed by atoms with Crippen molar-refractivity contribution < 1.29 is 27.5 Å². The summed E-state index contributed by atoms with van der Waals surface area (Å²) >= 11 is 0. The molecule has 9 heteroatoms. The van der Waals surface area contributed by atoms with Gasteiger partial charge in [-0.25, -0.2) is 8.42 Å². The van der Waals surface area contributed by atoms with E-state index in [1.54, 1.807) is 20.1 Å². The van der Waals surface area contributed by atoms with E-state index in [-0.39, 0.29) is 42.7 Å². The van der Waals surface area contributed by atoms with E-state index >= 15 is 0 Å². The number of aryl methyl sites for hydroxylation is 2. The SMILES string of the molecule is CCCC1(OC2(COC)CCC(=O)CN(S(=O)(=O)/C(C)=C/c3cc(C)ccc3C)C2)CCN(C(=O)C(C)(C)C)CC1. The first-order valence-electron chi connectivity index (χ1n) is 14.8. The summed E-state index contributed by atoms with van der Waals surface area (Å²) in [7, 11) is -2.38. The summed E-state index contributed by atoms with van der Waals surface area (Å²) in [5, 5.41) is 0. The number of carbonyl (C=O) groups is 2. The van der Waals surface area contributed by atoms with Crippen molar-refractivity contribution in [2.24, 2.45) is 5.41 Å². The number of nitrogens with zero attached hydrogens (tertiary/aromatic N) is 2. The van der Waals surface area contributed by atoms with Crippen LogP contribution in [0.5, 0.6) is 0 Å². The predicted octanol–water partition coefficient (Wildman–Crippen LogP) is 5.27. The van der Waals surface area contributed by atoms with Crippen molar-refractivity contribution in [2.45, 2.75) is 98.2 Å². The monoisotopic (exact) mass is 590 g/mol. The number of hydrogen-bond acceptors (Lipinski definition) is 6. The molecule has 1 amide bonds. The lowest BCUT2D eigenvalue weighted by Gasteiger charge is -2.49. The second-order valence-corrected chi connectivity index (χ2v) is 15.2. The van der Waals surface area contributed by atoms with Crippen LogP contribution in [0.4, 0.5) is 0 Å². The fraction of sp³-hybridized carbons (Fsp3) is 0.688. The zero-order valence-corrected chi connectivity index (χ0v) is 27.2. The number of amides is 1. The maximum absolute atomic E-state index is 14.0. The van der Waals surface area contributed by atoms with Crippen LogP contribution in [0, 0.1) is 19.3 Å². The van der Waals surface area contributed by atoms with Gasteiger partial charge in [0, 0.05) is 38.6 Å². The predicted molar refractivity (Wildman–Crippen MR) is 163 cm³/mol. The van der Waals surface area contributed by atoms with E-state index < -0.39 is 26.6 Å². The summed E-state index contributed by atoms with van der Waals surface area (Å²) in [6.07, 6.45) is 5.25. The fourth-order valence-corrected chi connectivity index (χ4v) is 7.49. The van der Waals surface area contributed by atoms with Crippen LogP contribution in [-0.2, 0) is 29.1 Å². The molecular weight excluding hydrogens is 540 g/mol. The summed E-state index contributed by atoms with van der Waals surface area (Å²) in [6.45, 7) is 14.6. The van der Waals surface area contributed by atoms with Crippen LogP contribution < -0.4 is 0 Å². The van der Waals surface area contributed by atoms with Gasteiger partial charge in [0.15, 0.2) is 0 Å². The third-order valence-electron chi connectivity index (χ3n) is 8.37. The molecule has 0 spiro atoms. The Balaban J connectivity index is 1.94. The van der Waals surface area contributed by atoms with Gasteiger partial charge in [0.2, 0.25) is 15.9 Å². The lowest BCUT2D eigenvalue weighted by molar-refractivity contribution is -0.203. The standard InChI is InChI=1S/C32H50N2O6S/c1-9-13-31(15-17-33(18-16-31)29(36)30(5,6)7)40-32(23-39-8)14-12-28(35)21-34(22-32)41(37,38)26(4)20-27-19-24(2)10-11-25(27)3/h10-11,19-20H,9,12-18,21-23H2,1-8H3/b26-20+. The molecule has 2 aliphatic heterocycles. The Labute approximate surface area is 247 Å². The number of piperidine rings is 1. The summed E-state index contributed by atoms with van der Waals surface area (Å²) in [4.78, 5) is 28.0. The summed E-state index contributed by atoms with van der Waals surface area (Å²) in [6, 6.07) is 5.93. The maximum Gasteiger partial charge on any atom is 0.239 e. The van der Waals surface area contributed by atoms with Gasteiger partial charge < -0.3 is 14.4 Å². The zero-order valence-electron chi connectivity index (χ0n) is 26.3. The number of methoxy groups -OCH3 is 1. The van der Waals surface area contributed by atoms with Gasteiger partial charge in [0.05, 0.1) is 23.7 Å². The van der Waals surface area contributed by atoms with Crippen molar-refractivity contribution in [3.8, 4) is 0 Å². The third kappa shape index (κ3) is 8.06. The van der Waals surface area contributed by atoms with Crippen LogP contribution in [0.25, 0.3) is 6.08 Å². The zero-order chi connectivity index (χ0) is 30.6. The van der Waals surface area contributed by atoms with Crippen LogP contribution in [0.15, 0.2) is 23.1 Å². The highest BCUT2D eigenvalue weighted by Gasteiger charge is 2.48. The maximum atomic E-state index is 14.0. The normalized spacial score (nSPS) is 23.0. The van der Waals surface area contributed by atoms with Gasteiger partial charge in [-0.2, -0.15) is 4.31 Å². The number of allylic oxidation sites excluding steroid dienone is 1. The van der Waals surface area contributed by atoms with E-state index in [1.807, 2.05) is 57.7 Å². The van der Waals surface area contributed by atoms with Crippen molar-refractivity contribution in [3.63, 3.8) is 0 Å². The Morgan fingerprint density at radius 1 is 1.10 bits per heavy atom. The van der Waals surface area contributed by atoms with Gasteiger partial charge in [0.25, 0.3) is 0 Å². The first-order valence-corrected chi connectivity index (χ1v) is 16.3. The molecule has 3 rings (SSSR count). The number of Topliss-reactive ketones (excluding diaryl/α,β-unsaturated/α-hetero) is 1. The minimum Gasteiger partial charge on any atom is -0.382 e. The second-order valence-electron chi connectivity index (χ2n) is 13.1. The summed E-state index contributed by atoms with van der Waals surface area (Å²) in [5.74, 6) is -0.0116. The molecule has 0 aliphatic carbocycles. The van der Waals surface area contributed by atoms with Crippen LogP contribution in [-0.4, -0.2) is 80.4 Å². The van der Waals surface area contributed by atoms with E-state index in [0.29, 0.717) is 32.4 Å². The van der Waals surface area contributed by atoms with Crippen LogP contribution >= 0.6 is 0 Å². The Bertz CT molecular complexity index is 1240. The molecule has 2 saturated heterocycles. The smallest absolute Gasteiger partial charge is 0.239 e. The molecule has 2 fully saturated rings. The molecule has 0 saturated carbocycles. The molecule has 2 heterocycles. The fourth-order valence-electron chi connectivity index (χ4n) is 6.09. The second kappa shape index (κ2) is 13.1. The van der Waals surface area contributed by atoms with Gasteiger partial charge in [-0.15, -0.1) is 0 Å². The molecule has 1 atom stereocenters. The number of ketones is 1. The molecule has 1 aromatic rings. The average molecular weight is 591 g/mol. The number of likely N-dealkylation sites (tertiary alicyclic amines) is 1. The number of benzene rings is 1. The lowest BCUT2D eigenvalue weighted by atomic mass is 9.83. The minimum absolute atomic E-state index is 0.0307. The largest absolute Gasteiger partial charge is 0.382 e.